The highest BCUT2D eigenvalue weighted by atomic mass is 35.5. The number of nitrogens with one attached hydrogen (secondary N) is 1. The van der Waals surface area contributed by atoms with Crippen LogP contribution in [0.5, 0.6) is 5.75 Å². The van der Waals surface area contributed by atoms with Crippen molar-refractivity contribution in [2.24, 2.45) is 5.92 Å². The fourth-order valence-electron chi connectivity index (χ4n) is 3.38. The van der Waals surface area contributed by atoms with Gasteiger partial charge in [0.2, 0.25) is 5.91 Å². The van der Waals surface area contributed by atoms with Crippen LogP contribution in [0.15, 0.2) is 60.7 Å². The van der Waals surface area contributed by atoms with Crippen molar-refractivity contribution < 1.29 is 34.8 Å². The molecule has 184 valence electrons. The Labute approximate surface area is 203 Å². The van der Waals surface area contributed by atoms with E-state index in [9.17, 15) is 30.0 Å². The van der Waals surface area contributed by atoms with E-state index in [1.807, 2.05) is 0 Å². The number of carboxylic acids is 1. The standard InChI is InChI=1S/C25H30ClNO7/c1-15(23(30)24(31)17-7-4-3-5-8-17)20(28)9-6-10-22(29)27-19(25(32)33)14-16-11-12-21(34-2)18(26)13-16/h3-8,10-13,15,19-20,23-24,28,30-31H,9,14H2,1-2H3,(H,27,29)(H,32,33)/b10-6+/t15-,19+,20-,23+,24-/m1/s1. The predicted molar refractivity (Wildman–Crippen MR) is 128 cm³/mol. The third kappa shape index (κ3) is 7.85. The largest absolute Gasteiger partial charge is 0.495 e. The number of carbonyl (C=O) groups is 2. The number of aliphatic hydroxyl groups excluding tert-OH is 3. The van der Waals surface area contributed by atoms with Crippen LogP contribution in [0.3, 0.4) is 0 Å². The zero-order valence-corrected chi connectivity index (χ0v) is 19.7. The van der Waals surface area contributed by atoms with Gasteiger partial charge in [-0.2, -0.15) is 0 Å². The van der Waals surface area contributed by atoms with Crippen LogP contribution in [0.25, 0.3) is 0 Å². The van der Waals surface area contributed by atoms with Gasteiger partial charge in [0.1, 0.15) is 17.9 Å². The van der Waals surface area contributed by atoms with Crippen molar-refractivity contribution >= 4 is 23.5 Å². The number of rotatable bonds is 12. The number of hydrogen-bond donors (Lipinski definition) is 5. The van der Waals surface area contributed by atoms with Gasteiger partial charge in [-0.25, -0.2) is 4.79 Å². The number of hydrogen-bond acceptors (Lipinski definition) is 6. The van der Waals surface area contributed by atoms with Gasteiger partial charge in [-0.3, -0.25) is 4.79 Å². The van der Waals surface area contributed by atoms with Crippen LogP contribution >= 0.6 is 11.6 Å². The Hall–Kier alpha value is -2.91. The topological polar surface area (TPSA) is 136 Å². The second-order valence-electron chi connectivity index (χ2n) is 7.98. The number of amides is 1. The third-order valence-corrected chi connectivity index (χ3v) is 5.82. The number of aliphatic hydroxyl groups is 3. The van der Waals surface area contributed by atoms with Crippen molar-refractivity contribution in [3.63, 3.8) is 0 Å². The lowest BCUT2D eigenvalue weighted by Crippen LogP contribution is -2.41. The number of halogens is 1. The maximum Gasteiger partial charge on any atom is 0.326 e. The molecule has 2 aromatic rings. The van der Waals surface area contributed by atoms with Gasteiger partial charge in [0, 0.05) is 12.3 Å². The second kappa shape index (κ2) is 13.1. The summed E-state index contributed by atoms with van der Waals surface area (Å²) >= 11 is 6.07. The first-order valence-electron chi connectivity index (χ1n) is 10.8. The minimum atomic E-state index is -1.22. The van der Waals surface area contributed by atoms with Gasteiger partial charge in [0.25, 0.3) is 0 Å². The lowest BCUT2D eigenvalue weighted by molar-refractivity contribution is -0.141. The first kappa shape index (κ1) is 27.3. The molecule has 0 fully saturated rings. The molecule has 0 unspecified atom stereocenters. The molecule has 0 saturated carbocycles. The molecule has 0 aromatic heterocycles. The molecule has 0 heterocycles. The molecule has 8 nitrogen and oxygen atoms in total. The van der Waals surface area contributed by atoms with Crippen LogP contribution in [0.4, 0.5) is 0 Å². The molecule has 0 aliphatic rings. The van der Waals surface area contributed by atoms with E-state index in [2.05, 4.69) is 5.32 Å². The van der Waals surface area contributed by atoms with Crippen molar-refractivity contribution in [2.75, 3.05) is 7.11 Å². The molecule has 5 N–H and O–H groups in total. The number of benzene rings is 2. The molecule has 0 aliphatic heterocycles. The van der Waals surface area contributed by atoms with Crippen molar-refractivity contribution in [1.29, 1.82) is 0 Å². The molecule has 0 radical (unpaired) electrons. The van der Waals surface area contributed by atoms with E-state index in [4.69, 9.17) is 16.3 Å². The molecule has 9 heteroatoms. The molecule has 2 aromatic carbocycles. The van der Waals surface area contributed by atoms with Gasteiger partial charge in [0.15, 0.2) is 0 Å². The van der Waals surface area contributed by atoms with E-state index in [0.717, 1.165) is 6.08 Å². The molecule has 1 amide bonds. The monoisotopic (exact) mass is 491 g/mol. The molecular formula is C25H30ClNO7. The summed E-state index contributed by atoms with van der Waals surface area (Å²) in [5, 5.41) is 43.3. The lowest BCUT2D eigenvalue weighted by atomic mass is 9.89. The zero-order valence-electron chi connectivity index (χ0n) is 19.0. The average molecular weight is 492 g/mol. The minimum Gasteiger partial charge on any atom is -0.495 e. The fourth-order valence-corrected chi connectivity index (χ4v) is 3.66. The number of ether oxygens (including phenoxy) is 1. The highest BCUT2D eigenvalue weighted by Crippen LogP contribution is 2.26. The van der Waals surface area contributed by atoms with E-state index >= 15 is 0 Å². The maximum atomic E-state index is 12.2. The van der Waals surface area contributed by atoms with Gasteiger partial charge in [-0.15, -0.1) is 0 Å². The Morgan fingerprint density at radius 2 is 1.79 bits per heavy atom. The van der Waals surface area contributed by atoms with Crippen molar-refractivity contribution in [2.45, 2.75) is 44.1 Å². The van der Waals surface area contributed by atoms with Crippen molar-refractivity contribution in [3.8, 4) is 5.75 Å². The lowest BCUT2D eigenvalue weighted by Gasteiger charge is -2.27. The summed E-state index contributed by atoms with van der Waals surface area (Å²) in [6, 6.07) is 12.3. The predicted octanol–water partition coefficient (Wildman–Crippen LogP) is 2.50. The minimum absolute atomic E-state index is 0.0157. The van der Waals surface area contributed by atoms with Gasteiger partial charge >= 0.3 is 5.97 Å². The van der Waals surface area contributed by atoms with Crippen LogP contribution in [-0.4, -0.2) is 57.7 Å². The van der Waals surface area contributed by atoms with Gasteiger partial charge < -0.3 is 30.5 Å². The molecule has 0 spiro atoms. The smallest absolute Gasteiger partial charge is 0.326 e. The Balaban J connectivity index is 1.90. The molecule has 34 heavy (non-hydrogen) atoms. The Morgan fingerprint density at radius 1 is 1.12 bits per heavy atom. The van der Waals surface area contributed by atoms with Crippen molar-refractivity contribution in [3.05, 3.63) is 76.8 Å². The second-order valence-corrected chi connectivity index (χ2v) is 8.39. The SMILES string of the molecule is COc1ccc(C[C@H](NC(=O)/C=C/C[C@@H](O)[C@@H](C)[C@H](O)[C@H](O)c2ccccc2)C(=O)O)cc1Cl. The van der Waals surface area contributed by atoms with E-state index < -0.39 is 42.1 Å². The molecule has 2 rings (SSSR count). The summed E-state index contributed by atoms with van der Waals surface area (Å²) in [6.45, 7) is 1.59. The van der Waals surface area contributed by atoms with E-state index in [1.165, 1.54) is 13.2 Å². The van der Waals surface area contributed by atoms with E-state index in [1.54, 1.807) is 55.5 Å². The summed E-state index contributed by atoms with van der Waals surface area (Å²) in [7, 11) is 1.47. The molecule has 5 atom stereocenters. The summed E-state index contributed by atoms with van der Waals surface area (Å²) in [5.41, 5.74) is 1.14. The Kier molecular flexibility index (Phi) is 10.5. The maximum absolute atomic E-state index is 12.2. The average Bonchev–Trinajstić information content (AvgIpc) is 2.82. The van der Waals surface area contributed by atoms with Crippen molar-refractivity contribution in [1.82, 2.24) is 5.32 Å². The normalized spacial score (nSPS) is 15.8. The van der Waals surface area contributed by atoms with Crippen LogP contribution in [-0.2, 0) is 16.0 Å². The quantitative estimate of drug-likeness (QED) is 0.288. The van der Waals surface area contributed by atoms with Gasteiger partial charge in [-0.05, 0) is 35.8 Å². The zero-order chi connectivity index (χ0) is 25.3. The molecule has 0 saturated heterocycles. The molecular weight excluding hydrogens is 462 g/mol. The van der Waals surface area contributed by atoms with Crippen LogP contribution < -0.4 is 10.1 Å². The third-order valence-electron chi connectivity index (χ3n) is 5.53. The first-order valence-corrected chi connectivity index (χ1v) is 11.1. The van der Waals surface area contributed by atoms with E-state index in [0.29, 0.717) is 21.9 Å². The molecule has 0 bridgehead atoms. The van der Waals surface area contributed by atoms with Gasteiger partial charge in [0.05, 0.1) is 24.3 Å². The Bertz CT molecular complexity index is 982. The highest BCUT2D eigenvalue weighted by Gasteiger charge is 2.28. The summed E-state index contributed by atoms with van der Waals surface area (Å²) in [4.78, 5) is 23.8. The number of methoxy groups -OCH3 is 1. The molecule has 0 aliphatic carbocycles. The summed E-state index contributed by atoms with van der Waals surface area (Å²) < 4.78 is 5.07. The summed E-state index contributed by atoms with van der Waals surface area (Å²) in [5.74, 6) is -2.08. The van der Waals surface area contributed by atoms with Crippen LogP contribution in [0.1, 0.15) is 30.6 Å². The van der Waals surface area contributed by atoms with Crippen LogP contribution in [0.2, 0.25) is 5.02 Å². The van der Waals surface area contributed by atoms with E-state index in [-0.39, 0.29) is 12.8 Å². The number of aliphatic carboxylic acids is 1. The number of carbonyl (C=O) groups excluding carboxylic acids is 1. The van der Waals surface area contributed by atoms with Crippen LogP contribution in [0, 0.1) is 5.92 Å². The summed E-state index contributed by atoms with van der Waals surface area (Å²) in [6.07, 6.45) is -0.850. The fraction of sp³-hybridized carbons (Fsp3) is 0.360. The highest BCUT2D eigenvalue weighted by molar-refractivity contribution is 6.32. The number of carboxylic acid groups (broad SMARTS) is 1. The van der Waals surface area contributed by atoms with Gasteiger partial charge in [-0.1, -0.05) is 61.0 Å². The first-order chi connectivity index (χ1) is 16.1. The Morgan fingerprint density at radius 3 is 2.38 bits per heavy atom.